The van der Waals surface area contributed by atoms with Gasteiger partial charge in [-0.25, -0.2) is 5.84 Å². The van der Waals surface area contributed by atoms with Gasteiger partial charge >= 0.3 is 0 Å². The Labute approximate surface area is 127 Å². The number of hydrazine groups is 1. The van der Waals surface area contributed by atoms with E-state index in [9.17, 15) is 4.79 Å². The van der Waals surface area contributed by atoms with Gasteiger partial charge in [0.15, 0.2) is 0 Å². The van der Waals surface area contributed by atoms with Crippen LogP contribution in [0.3, 0.4) is 0 Å². The number of hydrogen-bond donors (Lipinski definition) is 2. The van der Waals surface area contributed by atoms with Gasteiger partial charge in [-0.05, 0) is 42.1 Å². The van der Waals surface area contributed by atoms with Gasteiger partial charge in [0.1, 0.15) is 18.1 Å². The van der Waals surface area contributed by atoms with Crippen molar-refractivity contribution < 1.29 is 14.3 Å². The van der Waals surface area contributed by atoms with Gasteiger partial charge in [-0.15, -0.1) is 11.3 Å². The van der Waals surface area contributed by atoms with E-state index in [0.29, 0.717) is 18.1 Å². The first-order valence-corrected chi connectivity index (χ1v) is 7.55. The van der Waals surface area contributed by atoms with E-state index in [1.807, 2.05) is 35.7 Å². The molecular formula is C15H18N2O3S. The lowest BCUT2D eigenvalue weighted by atomic mass is 10.2. The van der Waals surface area contributed by atoms with Crippen LogP contribution in [0.1, 0.15) is 28.6 Å². The van der Waals surface area contributed by atoms with Gasteiger partial charge < -0.3 is 9.47 Å². The highest BCUT2D eigenvalue weighted by molar-refractivity contribution is 7.12. The molecule has 0 bridgehead atoms. The minimum atomic E-state index is -0.299. The molecule has 1 heterocycles. The summed E-state index contributed by atoms with van der Waals surface area (Å²) in [5, 5.41) is 1.84. The third-order valence-electron chi connectivity index (χ3n) is 2.78. The molecule has 1 amide bonds. The third-order valence-corrected chi connectivity index (χ3v) is 3.73. The molecule has 1 aromatic carbocycles. The van der Waals surface area contributed by atoms with Crippen molar-refractivity contribution in [1.29, 1.82) is 0 Å². The Morgan fingerprint density at radius 1 is 1.19 bits per heavy atom. The first-order chi connectivity index (χ1) is 10.2. The number of carbonyl (C=O) groups excluding carboxylic acids is 1. The SMILES string of the molecule is CCCOc1ccc(OCc2ccsc2C(=O)NN)cc1. The molecule has 0 atom stereocenters. The molecule has 0 fully saturated rings. The van der Waals surface area contributed by atoms with Crippen LogP contribution in [-0.2, 0) is 6.61 Å². The van der Waals surface area contributed by atoms with Crippen molar-refractivity contribution in [1.82, 2.24) is 5.43 Å². The molecule has 0 spiro atoms. The number of carbonyl (C=O) groups is 1. The summed E-state index contributed by atoms with van der Waals surface area (Å²) in [6, 6.07) is 9.28. The van der Waals surface area contributed by atoms with Gasteiger partial charge in [-0.1, -0.05) is 6.92 Å². The van der Waals surface area contributed by atoms with Crippen molar-refractivity contribution in [2.75, 3.05) is 6.61 Å². The van der Waals surface area contributed by atoms with E-state index in [1.54, 1.807) is 0 Å². The van der Waals surface area contributed by atoms with E-state index in [-0.39, 0.29) is 5.91 Å². The second-order valence-electron chi connectivity index (χ2n) is 4.36. The number of nitrogens with two attached hydrogens (primary N) is 1. The number of benzene rings is 1. The number of amides is 1. The van der Waals surface area contributed by atoms with Gasteiger partial charge in [0.25, 0.3) is 5.91 Å². The number of nitrogen functional groups attached to an aromatic ring is 1. The van der Waals surface area contributed by atoms with Crippen LogP contribution in [0, 0.1) is 0 Å². The highest BCUT2D eigenvalue weighted by atomic mass is 32.1. The maximum absolute atomic E-state index is 11.6. The molecule has 0 aliphatic carbocycles. The average Bonchev–Trinajstić information content (AvgIpc) is 2.99. The second kappa shape index (κ2) is 7.66. The minimum absolute atomic E-state index is 0.299. The summed E-state index contributed by atoms with van der Waals surface area (Å²) >= 11 is 1.34. The average molecular weight is 306 g/mol. The van der Waals surface area contributed by atoms with Gasteiger partial charge in [0.05, 0.1) is 11.5 Å². The summed E-state index contributed by atoms with van der Waals surface area (Å²) in [6.07, 6.45) is 0.975. The van der Waals surface area contributed by atoms with Crippen LogP contribution in [0.4, 0.5) is 0 Å². The Bertz CT molecular complexity index is 581. The molecule has 6 heteroatoms. The Balaban J connectivity index is 1.94. The topological polar surface area (TPSA) is 73.6 Å². The number of nitrogens with one attached hydrogen (secondary N) is 1. The Kier molecular flexibility index (Phi) is 5.59. The summed E-state index contributed by atoms with van der Waals surface area (Å²) in [6.45, 7) is 3.08. The number of thiophene rings is 1. The molecule has 2 aromatic rings. The van der Waals surface area contributed by atoms with E-state index in [1.165, 1.54) is 11.3 Å². The summed E-state index contributed by atoms with van der Waals surface area (Å²) in [5.41, 5.74) is 2.95. The fourth-order valence-electron chi connectivity index (χ4n) is 1.73. The molecule has 0 aliphatic rings. The first kappa shape index (κ1) is 15.3. The Morgan fingerprint density at radius 2 is 1.86 bits per heavy atom. The number of rotatable bonds is 7. The van der Waals surface area contributed by atoms with E-state index >= 15 is 0 Å². The molecule has 21 heavy (non-hydrogen) atoms. The normalized spacial score (nSPS) is 10.2. The fraction of sp³-hybridized carbons (Fsp3) is 0.267. The zero-order valence-electron chi connectivity index (χ0n) is 11.8. The van der Waals surface area contributed by atoms with Gasteiger partial charge in [-0.3, -0.25) is 10.2 Å². The molecule has 0 unspecified atom stereocenters. The lowest BCUT2D eigenvalue weighted by Crippen LogP contribution is -2.30. The summed E-state index contributed by atoms with van der Waals surface area (Å²) in [5.74, 6) is 6.40. The van der Waals surface area contributed by atoms with Crippen LogP contribution < -0.4 is 20.7 Å². The van der Waals surface area contributed by atoms with E-state index in [4.69, 9.17) is 15.3 Å². The highest BCUT2D eigenvalue weighted by Crippen LogP contribution is 2.21. The van der Waals surface area contributed by atoms with Crippen molar-refractivity contribution in [3.05, 3.63) is 46.2 Å². The van der Waals surface area contributed by atoms with E-state index in [0.717, 1.165) is 23.5 Å². The molecule has 0 radical (unpaired) electrons. The summed E-state index contributed by atoms with van der Waals surface area (Å²) in [7, 11) is 0. The second-order valence-corrected chi connectivity index (χ2v) is 5.27. The molecule has 1 aromatic heterocycles. The van der Waals surface area contributed by atoms with Crippen molar-refractivity contribution in [2.45, 2.75) is 20.0 Å². The predicted molar refractivity (Wildman–Crippen MR) is 82.5 cm³/mol. The van der Waals surface area contributed by atoms with Crippen LogP contribution in [0.15, 0.2) is 35.7 Å². The zero-order valence-corrected chi connectivity index (χ0v) is 12.6. The standard InChI is InChI=1S/C15H18N2O3S/c1-2-8-19-12-3-5-13(6-4-12)20-10-11-7-9-21-14(11)15(18)17-16/h3-7,9H,2,8,10,16H2,1H3,(H,17,18). The highest BCUT2D eigenvalue weighted by Gasteiger charge is 2.12. The van der Waals surface area contributed by atoms with Crippen LogP contribution >= 0.6 is 11.3 Å². The summed E-state index contributed by atoms with van der Waals surface area (Å²) in [4.78, 5) is 12.1. The zero-order chi connectivity index (χ0) is 15.1. The van der Waals surface area contributed by atoms with Crippen LogP contribution in [-0.4, -0.2) is 12.5 Å². The molecule has 2 rings (SSSR count). The maximum Gasteiger partial charge on any atom is 0.275 e. The smallest absolute Gasteiger partial charge is 0.275 e. The predicted octanol–water partition coefficient (Wildman–Crippen LogP) is 2.72. The van der Waals surface area contributed by atoms with Crippen molar-refractivity contribution in [3.63, 3.8) is 0 Å². The van der Waals surface area contributed by atoms with Crippen LogP contribution in [0.5, 0.6) is 11.5 Å². The largest absolute Gasteiger partial charge is 0.494 e. The lowest BCUT2D eigenvalue weighted by molar-refractivity contribution is 0.0955. The number of hydrogen-bond acceptors (Lipinski definition) is 5. The Hall–Kier alpha value is -2.05. The van der Waals surface area contributed by atoms with Crippen molar-refractivity contribution >= 4 is 17.2 Å². The molecule has 3 N–H and O–H groups in total. The molecule has 0 aliphatic heterocycles. The summed E-state index contributed by atoms with van der Waals surface area (Å²) < 4.78 is 11.2. The minimum Gasteiger partial charge on any atom is -0.494 e. The molecule has 0 saturated heterocycles. The van der Waals surface area contributed by atoms with Gasteiger partial charge in [0, 0.05) is 5.56 Å². The Morgan fingerprint density at radius 3 is 2.48 bits per heavy atom. The van der Waals surface area contributed by atoms with Gasteiger partial charge in [0.2, 0.25) is 0 Å². The fourth-order valence-corrected chi connectivity index (χ4v) is 2.54. The number of ether oxygens (including phenoxy) is 2. The van der Waals surface area contributed by atoms with Crippen molar-refractivity contribution in [2.24, 2.45) is 5.84 Å². The quantitative estimate of drug-likeness (QED) is 0.468. The first-order valence-electron chi connectivity index (χ1n) is 6.67. The van der Waals surface area contributed by atoms with Crippen LogP contribution in [0.2, 0.25) is 0 Å². The molecular weight excluding hydrogens is 288 g/mol. The molecule has 0 saturated carbocycles. The molecule has 112 valence electrons. The van der Waals surface area contributed by atoms with E-state index in [2.05, 4.69) is 12.3 Å². The monoisotopic (exact) mass is 306 g/mol. The maximum atomic E-state index is 11.6. The third kappa shape index (κ3) is 4.21. The van der Waals surface area contributed by atoms with Crippen LogP contribution in [0.25, 0.3) is 0 Å². The lowest BCUT2D eigenvalue weighted by Gasteiger charge is -2.08. The van der Waals surface area contributed by atoms with Gasteiger partial charge in [-0.2, -0.15) is 0 Å². The van der Waals surface area contributed by atoms with E-state index < -0.39 is 0 Å². The van der Waals surface area contributed by atoms with Crippen molar-refractivity contribution in [3.8, 4) is 11.5 Å². The molecule has 5 nitrogen and oxygen atoms in total.